The molecule has 4 aromatic carbocycles. The summed E-state index contributed by atoms with van der Waals surface area (Å²) in [5, 5.41) is 4.58. The standard InChI is InChI=1S/C32H23N3O/c1-22-12-4-3-11-21-33-32(34(22)23-13-5-2-6-14-23)35-26-17-9-7-15-24(26)30-27(35)19-20-29-31(30)25-16-8-10-18-28(25)36-29/h2-20H,1,21H2/b11-3-,12-4-,33-32?. The first-order valence-electron chi connectivity index (χ1n) is 12.1. The van der Waals surface area contributed by atoms with Crippen LogP contribution in [0.2, 0.25) is 0 Å². The van der Waals surface area contributed by atoms with Gasteiger partial charge in [-0.3, -0.25) is 9.47 Å². The maximum Gasteiger partial charge on any atom is 0.215 e. The van der Waals surface area contributed by atoms with Crippen LogP contribution in [0.4, 0.5) is 5.69 Å². The molecule has 1 aliphatic rings. The highest BCUT2D eigenvalue weighted by Crippen LogP contribution is 2.40. The fourth-order valence-electron chi connectivity index (χ4n) is 5.23. The van der Waals surface area contributed by atoms with Crippen LogP contribution in [0.1, 0.15) is 0 Å². The number of allylic oxidation sites excluding steroid dienone is 3. The summed E-state index contributed by atoms with van der Waals surface area (Å²) >= 11 is 0. The number of rotatable bonds is 1. The third-order valence-corrected chi connectivity index (χ3v) is 6.75. The van der Waals surface area contributed by atoms with E-state index >= 15 is 0 Å². The molecule has 0 spiro atoms. The van der Waals surface area contributed by atoms with Crippen molar-refractivity contribution in [2.75, 3.05) is 11.4 Å². The average Bonchev–Trinajstić information content (AvgIpc) is 3.47. The predicted octanol–water partition coefficient (Wildman–Crippen LogP) is 8.04. The fourth-order valence-corrected chi connectivity index (χ4v) is 5.23. The Morgan fingerprint density at radius 1 is 0.694 bits per heavy atom. The number of benzene rings is 4. The van der Waals surface area contributed by atoms with Crippen molar-refractivity contribution < 1.29 is 4.42 Å². The van der Waals surface area contributed by atoms with Gasteiger partial charge in [0.15, 0.2) is 0 Å². The zero-order chi connectivity index (χ0) is 24.1. The van der Waals surface area contributed by atoms with Crippen LogP contribution >= 0.6 is 0 Å². The van der Waals surface area contributed by atoms with Gasteiger partial charge in [0.05, 0.1) is 17.6 Å². The van der Waals surface area contributed by atoms with Gasteiger partial charge in [0.1, 0.15) is 11.2 Å². The van der Waals surface area contributed by atoms with Crippen molar-refractivity contribution in [3.63, 3.8) is 0 Å². The van der Waals surface area contributed by atoms with E-state index in [1.165, 1.54) is 5.39 Å². The molecule has 4 heteroatoms. The van der Waals surface area contributed by atoms with Crippen molar-refractivity contribution in [1.29, 1.82) is 0 Å². The predicted molar refractivity (Wildman–Crippen MR) is 151 cm³/mol. The van der Waals surface area contributed by atoms with Crippen molar-refractivity contribution in [1.82, 2.24) is 4.57 Å². The van der Waals surface area contributed by atoms with Gasteiger partial charge in [-0.25, -0.2) is 4.99 Å². The highest BCUT2D eigenvalue weighted by Gasteiger charge is 2.24. The second-order valence-electron chi connectivity index (χ2n) is 8.87. The highest BCUT2D eigenvalue weighted by molar-refractivity contribution is 6.29. The van der Waals surface area contributed by atoms with Gasteiger partial charge >= 0.3 is 0 Å². The van der Waals surface area contributed by atoms with Crippen molar-refractivity contribution in [2.45, 2.75) is 0 Å². The van der Waals surface area contributed by atoms with E-state index in [1.54, 1.807) is 0 Å². The molecule has 0 radical (unpaired) electrons. The molecule has 0 saturated carbocycles. The quantitative estimate of drug-likeness (QED) is 0.246. The third-order valence-electron chi connectivity index (χ3n) is 6.75. The summed E-state index contributed by atoms with van der Waals surface area (Å²) in [5.41, 5.74) is 5.80. The highest BCUT2D eigenvalue weighted by atomic mass is 16.3. The van der Waals surface area contributed by atoms with E-state index in [0.29, 0.717) is 6.54 Å². The number of aliphatic imine (C=N–C) groups is 1. The third kappa shape index (κ3) is 3.05. The molecule has 2 aromatic heterocycles. The van der Waals surface area contributed by atoms with Gasteiger partial charge in [-0.2, -0.15) is 0 Å². The molecule has 6 aromatic rings. The fraction of sp³-hybridized carbons (Fsp3) is 0.0312. The molecule has 4 nitrogen and oxygen atoms in total. The lowest BCUT2D eigenvalue weighted by atomic mass is 10.1. The lowest BCUT2D eigenvalue weighted by Crippen LogP contribution is -2.35. The normalized spacial score (nSPS) is 16.3. The Kier molecular flexibility index (Phi) is 4.64. The first-order chi connectivity index (χ1) is 17.8. The van der Waals surface area contributed by atoms with E-state index < -0.39 is 0 Å². The topological polar surface area (TPSA) is 33.7 Å². The van der Waals surface area contributed by atoms with E-state index in [1.807, 2.05) is 48.6 Å². The lowest BCUT2D eigenvalue weighted by molar-refractivity contribution is 0.669. The van der Waals surface area contributed by atoms with Gasteiger partial charge < -0.3 is 4.42 Å². The summed E-state index contributed by atoms with van der Waals surface area (Å²) in [6.45, 7) is 4.97. The first-order valence-corrected chi connectivity index (χ1v) is 12.1. The van der Waals surface area contributed by atoms with Gasteiger partial charge in [-0.05, 0) is 42.5 Å². The number of hydrogen-bond acceptors (Lipinski definition) is 3. The van der Waals surface area contributed by atoms with Crippen LogP contribution in [-0.4, -0.2) is 17.1 Å². The molecule has 0 bridgehead atoms. The molecule has 7 rings (SSSR count). The molecule has 0 fully saturated rings. The van der Waals surface area contributed by atoms with E-state index in [2.05, 4.69) is 82.8 Å². The molecular weight excluding hydrogens is 442 g/mol. The Bertz CT molecular complexity index is 1880. The summed E-state index contributed by atoms with van der Waals surface area (Å²) in [4.78, 5) is 7.25. The Labute approximate surface area is 208 Å². The van der Waals surface area contributed by atoms with Crippen LogP contribution in [0.5, 0.6) is 0 Å². The van der Waals surface area contributed by atoms with Crippen molar-refractivity contribution in [2.24, 2.45) is 4.99 Å². The van der Waals surface area contributed by atoms with Crippen LogP contribution in [0, 0.1) is 0 Å². The molecule has 1 aliphatic heterocycles. The Morgan fingerprint density at radius 3 is 2.36 bits per heavy atom. The van der Waals surface area contributed by atoms with E-state index in [9.17, 15) is 0 Å². The molecule has 0 saturated heterocycles. The van der Waals surface area contributed by atoms with Crippen LogP contribution in [-0.2, 0) is 0 Å². The summed E-state index contributed by atoms with van der Waals surface area (Å²) in [7, 11) is 0. The van der Waals surface area contributed by atoms with Crippen LogP contribution in [0.25, 0.3) is 43.7 Å². The molecule has 36 heavy (non-hydrogen) atoms. The number of para-hydroxylation sites is 3. The minimum absolute atomic E-state index is 0.557. The maximum absolute atomic E-state index is 6.24. The Morgan fingerprint density at radius 2 is 1.47 bits per heavy atom. The molecule has 3 heterocycles. The van der Waals surface area contributed by atoms with Gasteiger partial charge in [0, 0.05) is 32.9 Å². The number of nitrogens with zero attached hydrogens (tertiary/aromatic N) is 3. The molecule has 0 amide bonds. The number of furan rings is 1. The van der Waals surface area contributed by atoms with Gasteiger partial charge in [0.25, 0.3) is 0 Å². The minimum atomic E-state index is 0.557. The Hall–Kier alpha value is -4.83. The summed E-state index contributed by atoms with van der Waals surface area (Å²) in [6, 6.07) is 31.3. The second-order valence-corrected chi connectivity index (χ2v) is 8.87. The summed E-state index contributed by atoms with van der Waals surface area (Å²) in [5.74, 6) is 0.806. The van der Waals surface area contributed by atoms with Gasteiger partial charge in [-0.15, -0.1) is 0 Å². The zero-order valence-corrected chi connectivity index (χ0v) is 19.6. The van der Waals surface area contributed by atoms with E-state index in [0.717, 1.165) is 55.7 Å². The molecule has 0 N–H and O–H groups in total. The van der Waals surface area contributed by atoms with Crippen LogP contribution in [0.3, 0.4) is 0 Å². The van der Waals surface area contributed by atoms with E-state index in [4.69, 9.17) is 9.41 Å². The first kappa shape index (κ1) is 20.5. The number of anilines is 1. The number of hydrogen-bond donors (Lipinski definition) is 0. The molecule has 172 valence electrons. The molecule has 0 atom stereocenters. The summed E-state index contributed by atoms with van der Waals surface area (Å²) < 4.78 is 8.50. The number of aromatic nitrogens is 1. The molecular formula is C32H23N3O. The number of fused-ring (bicyclic) bond motifs is 7. The largest absolute Gasteiger partial charge is 0.456 e. The van der Waals surface area contributed by atoms with Gasteiger partial charge in [-0.1, -0.05) is 79.4 Å². The monoisotopic (exact) mass is 465 g/mol. The second kappa shape index (κ2) is 8.14. The average molecular weight is 466 g/mol. The smallest absolute Gasteiger partial charge is 0.215 e. The SMILES string of the molecule is C=C1/C=C\C=C/CN=C(n2c3ccccc3c3c4c(ccc32)oc2ccccc24)N1c1ccccc1. The zero-order valence-electron chi connectivity index (χ0n) is 19.6. The minimum Gasteiger partial charge on any atom is -0.456 e. The van der Waals surface area contributed by atoms with Gasteiger partial charge in [0.2, 0.25) is 5.96 Å². The van der Waals surface area contributed by atoms with E-state index in [-0.39, 0.29) is 0 Å². The van der Waals surface area contributed by atoms with Crippen molar-refractivity contribution in [3.8, 4) is 0 Å². The molecule has 0 aliphatic carbocycles. The Balaban J connectivity index is 1.62. The van der Waals surface area contributed by atoms with Crippen LogP contribution in [0.15, 0.2) is 137 Å². The van der Waals surface area contributed by atoms with Crippen molar-refractivity contribution >= 4 is 55.4 Å². The molecule has 0 unspecified atom stereocenters. The van der Waals surface area contributed by atoms with Crippen LogP contribution < -0.4 is 4.90 Å². The lowest BCUT2D eigenvalue weighted by Gasteiger charge is -2.28. The summed E-state index contributed by atoms with van der Waals surface area (Å²) in [6.07, 6.45) is 8.13. The van der Waals surface area contributed by atoms with Crippen molar-refractivity contribution in [3.05, 3.63) is 128 Å². The maximum atomic E-state index is 6.24.